The summed E-state index contributed by atoms with van der Waals surface area (Å²) in [5, 5.41) is 0. The van der Waals surface area contributed by atoms with Crippen molar-refractivity contribution in [3.63, 3.8) is 0 Å². The van der Waals surface area contributed by atoms with Crippen molar-refractivity contribution < 1.29 is 18.7 Å². The van der Waals surface area contributed by atoms with Gasteiger partial charge in [-0.2, -0.15) is 0 Å². The van der Waals surface area contributed by atoms with Gasteiger partial charge in [0.15, 0.2) is 5.82 Å². The lowest BCUT2D eigenvalue weighted by molar-refractivity contribution is 0.000299. The summed E-state index contributed by atoms with van der Waals surface area (Å²) >= 11 is 0. The molecule has 0 aromatic carbocycles. The van der Waals surface area contributed by atoms with E-state index in [0.717, 1.165) is 12.8 Å². The van der Waals surface area contributed by atoms with Crippen LogP contribution in [-0.2, 0) is 11.8 Å². The maximum atomic E-state index is 13.9. The molecule has 3 unspecified atom stereocenters. The molecule has 3 atom stereocenters. The second-order valence-electron chi connectivity index (χ2n) is 6.43. The Hall–Kier alpha value is -2.41. The summed E-state index contributed by atoms with van der Waals surface area (Å²) < 4.78 is 27.5. The molecule has 0 N–H and O–H groups in total. The summed E-state index contributed by atoms with van der Waals surface area (Å²) in [7, 11) is 1.84. The molecule has 3 heterocycles. The third-order valence-electron chi connectivity index (χ3n) is 4.95. The van der Waals surface area contributed by atoms with Gasteiger partial charge in [0.2, 0.25) is 0 Å². The number of hydrogen-bond donors (Lipinski definition) is 0. The van der Waals surface area contributed by atoms with Crippen LogP contribution in [-0.4, -0.2) is 51.8 Å². The van der Waals surface area contributed by atoms with Crippen LogP contribution in [0.5, 0.6) is 5.88 Å². The van der Waals surface area contributed by atoms with E-state index in [1.165, 1.54) is 18.3 Å². The number of amides is 1. The number of ether oxygens (including phenoxy) is 2. The predicted molar refractivity (Wildman–Crippen MR) is 87.8 cm³/mol. The Balaban J connectivity index is 1.61. The second-order valence-corrected chi connectivity index (χ2v) is 6.43. The molecule has 25 heavy (non-hydrogen) atoms. The van der Waals surface area contributed by atoms with Gasteiger partial charge in [-0.3, -0.25) is 4.79 Å². The molecule has 2 aromatic heterocycles. The van der Waals surface area contributed by atoms with Crippen molar-refractivity contribution in [2.45, 2.75) is 31.1 Å². The van der Waals surface area contributed by atoms with Gasteiger partial charge in [-0.25, -0.2) is 9.37 Å². The molecule has 132 valence electrons. The highest BCUT2D eigenvalue weighted by Crippen LogP contribution is 2.33. The first-order chi connectivity index (χ1) is 12.1. The summed E-state index contributed by atoms with van der Waals surface area (Å²) in [6.45, 7) is 0.942. The quantitative estimate of drug-likeness (QED) is 0.854. The number of aromatic nitrogens is 2. The van der Waals surface area contributed by atoms with E-state index in [9.17, 15) is 9.18 Å². The van der Waals surface area contributed by atoms with Crippen molar-refractivity contribution >= 4 is 5.91 Å². The Kier molecular flexibility index (Phi) is 4.17. The lowest BCUT2D eigenvalue weighted by Gasteiger charge is -2.31. The minimum absolute atomic E-state index is 0.0406. The number of pyridine rings is 1. The zero-order valence-electron chi connectivity index (χ0n) is 14.0. The van der Waals surface area contributed by atoms with E-state index in [1.54, 1.807) is 15.5 Å². The van der Waals surface area contributed by atoms with Gasteiger partial charge < -0.3 is 18.9 Å². The minimum Gasteiger partial charge on any atom is -0.467 e. The molecule has 2 fully saturated rings. The van der Waals surface area contributed by atoms with Crippen LogP contribution < -0.4 is 4.74 Å². The van der Waals surface area contributed by atoms with Crippen LogP contribution >= 0.6 is 0 Å². The molecule has 7 heteroatoms. The summed E-state index contributed by atoms with van der Waals surface area (Å²) in [5.74, 6) is -0.605. The molecule has 0 radical (unpaired) electrons. The summed E-state index contributed by atoms with van der Waals surface area (Å²) in [6, 6.07) is 6.32. The van der Waals surface area contributed by atoms with E-state index in [2.05, 4.69) is 4.98 Å². The molecule has 1 aliphatic carbocycles. The first kappa shape index (κ1) is 16.1. The number of carbonyl (C=O) groups is 1. The van der Waals surface area contributed by atoms with Crippen LogP contribution in [0.4, 0.5) is 4.39 Å². The van der Waals surface area contributed by atoms with Gasteiger partial charge >= 0.3 is 0 Å². The number of halogens is 1. The zero-order valence-corrected chi connectivity index (χ0v) is 14.0. The second kappa shape index (κ2) is 6.48. The number of rotatable bonds is 3. The molecule has 1 saturated heterocycles. The maximum Gasteiger partial charge on any atom is 0.270 e. The fourth-order valence-corrected chi connectivity index (χ4v) is 3.71. The van der Waals surface area contributed by atoms with Gasteiger partial charge in [-0.15, -0.1) is 0 Å². The van der Waals surface area contributed by atoms with E-state index in [-0.39, 0.29) is 23.9 Å². The SMILES string of the molecule is Cn1cccc1C(=O)N1CCOC2CCC1C2Oc1ncccc1F. The van der Waals surface area contributed by atoms with Crippen LogP contribution in [0, 0.1) is 5.82 Å². The van der Waals surface area contributed by atoms with Gasteiger partial charge in [-0.05, 0) is 37.1 Å². The maximum absolute atomic E-state index is 13.9. The summed E-state index contributed by atoms with van der Waals surface area (Å²) in [4.78, 5) is 18.8. The van der Waals surface area contributed by atoms with Crippen molar-refractivity contribution in [2.24, 2.45) is 7.05 Å². The highest BCUT2D eigenvalue weighted by molar-refractivity contribution is 5.93. The first-order valence-corrected chi connectivity index (χ1v) is 8.46. The molecule has 2 aromatic rings. The topological polar surface area (TPSA) is 56.6 Å². The van der Waals surface area contributed by atoms with E-state index in [0.29, 0.717) is 18.8 Å². The number of aryl methyl sites for hydroxylation is 1. The number of nitrogens with zero attached hydrogens (tertiary/aromatic N) is 3. The van der Waals surface area contributed by atoms with Crippen LogP contribution in [0.15, 0.2) is 36.7 Å². The van der Waals surface area contributed by atoms with Crippen LogP contribution in [0.3, 0.4) is 0 Å². The Morgan fingerprint density at radius 2 is 2.24 bits per heavy atom. The molecule has 4 rings (SSSR count). The fraction of sp³-hybridized carbons (Fsp3) is 0.444. The van der Waals surface area contributed by atoms with Gasteiger partial charge in [0.1, 0.15) is 11.8 Å². The Labute approximate surface area is 145 Å². The normalized spacial score (nSPS) is 25.7. The highest BCUT2D eigenvalue weighted by atomic mass is 19.1. The lowest BCUT2D eigenvalue weighted by atomic mass is 10.1. The Morgan fingerprint density at radius 1 is 1.36 bits per heavy atom. The average Bonchev–Trinajstić information content (AvgIpc) is 3.13. The van der Waals surface area contributed by atoms with Crippen molar-refractivity contribution in [1.82, 2.24) is 14.5 Å². The summed E-state index contributed by atoms with van der Waals surface area (Å²) in [5.41, 5.74) is 0.619. The van der Waals surface area contributed by atoms with E-state index < -0.39 is 11.9 Å². The smallest absolute Gasteiger partial charge is 0.270 e. The number of carbonyl (C=O) groups excluding carboxylic acids is 1. The van der Waals surface area contributed by atoms with Crippen LogP contribution in [0.2, 0.25) is 0 Å². The van der Waals surface area contributed by atoms with Crippen LogP contribution in [0.1, 0.15) is 23.3 Å². The van der Waals surface area contributed by atoms with E-state index >= 15 is 0 Å². The van der Waals surface area contributed by atoms with Gasteiger partial charge in [-0.1, -0.05) is 0 Å². The van der Waals surface area contributed by atoms with Crippen molar-refractivity contribution in [3.05, 3.63) is 48.2 Å². The predicted octanol–water partition coefficient (Wildman–Crippen LogP) is 2.01. The molecule has 1 amide bonds. The highest BCUT2D eigenvalue weighted by Gasteiger charge is 2.46. The molecule has 2 bridgehead atoms. The van der Waals surface area contributed by atoms with E-state index in [4.69, 9.17) is 9.47 Å². The lowest BCUT2D eigenvalue weighted by Crippen LogP contribution is -2.48. The fourth-order valence-electron chi connectivity index (χ4n) is 3.71. The van der Waals surface area contributed by atoms with Gasteiger partial charge in [0.25, 0.3) is 11.8 Å². The molecular formula is C18H20FN3O3. The first-order valence-electron chi connectivity index (χ1n) is 8.46. The zero-order chi connectivity index (χ0) is 17.4. The van der Waals surface area contributed by atoms with Crippen molar-refractivity contribution in [1.29, 1.82) is 0 Å². The number of fused-ring (bicyclic) bond motifs is 2. The molecule has 1 saturated carbocycles. The standard InChI is InChI=1S/C18H20FN3O3/c1-21-9-3-5-14(21)18(23)22-10-11-24-15-7-6-13(22)16(15)25-17-12(19)4-2-8-20-17/h2-5,8-9,13,15-16H,6-7,10-11H2,1H3. The molecule has 6 nitrogen and oxygen atoms in total. The molecular weight excluding hydrogens is 325 g/mol. The van der Waals surface area contributed by atoms with Crippen molar-refractivity contribution in [3.8, 4) is 5.88 Å². The average molecular weight is 345 g/mol. The monoisotopic (exact) mass is 345 g/mol. The van der Waals surface area contributed by atoms with Crippen LogP contribution in [0.25, 0.3) is 0 Å². The van der Waals surface area contributed by atoms with Gasteiger partial charge in [0, 0.05) is 26.0 Å². The Morgan fingerprint density at radius 3 is 3.00 bits per heavy atom. The third kappa shape index (κ3) is 2.89. The van der Waals surface area contributed by atoms with Crippen molar-refractivity contribution in [2.75, 3.05) is 13.2 Å². The molecule has 1 aliphatic heterocycles. The molecule has 0 spiro atoms. The summed E-state index contributed by atoms with van der Waals surface area (Å²) in [6.07, 6.45) is 4.30. The number of hydrogen-bond acceptors (Lipinski definition) is 4. The third-order valence-corrected chi connectivity index (χ3v) is 4.95. The minimum atomic E-state index is -0.508. The largest absolute Gasteiger partial charge is 0.467 e. The Bertz CT molecular complexity index is 778. The molecule has 2 aliphatic rings. The van der Waals surface area contributed by atoms with E-state index in [1.807, 2.05) is 19.3 Å². The van der Waals surface area contributed by atoms with Gasteiger partial charge in [0.05, 0.1) is 18.8 Å².